The maximum Gasteiger partial charge on any atom is 0.327 e. The molecule has 14 nitrogen and oxygen atoms in total. The van der Waals surface area contributed by atoms with E-state index in [0.29, 0.717) is 5.69 Å². The van der Waals surface area contributed by atoms with Crippen LogP contribution in [0.4, 0.5) is 0 Å². The van der Waals surface area contributed by atoms with Gasteiger partial charge in [-0.2, -0.15) is 12.6 Å². The molecule has 0 saturated heterocycles. The van der Waals surface area contributed by atoms with Gasteiger partial charge in [-0.1, -0.05) is 18.2 Å². The van der Waals surface area contributed by atoms with Gasteiger partial charge in [-0.3, -0.25) is 19.2 Å². The van der Waals surface area contributed by atoms with Crippen molar-refractivity contribution >= 4 is 53.1 Å². The van der Waals surface area contributed by atoms with Gasteiger partial charge in [-0.25, -0.2) is 9.78 Å². The lowest BCUT2D eigenvalue weighted by atomic mass is 10.0. The van der Waals surface area contributed by atoms with Crippen molar-refractivity contribution in [3.05, 3.63) is 54.2 Å². The number of benzene rings is 1. The molecule has 15 heteroatoms. The molecule has 2 aromatic heterocycles. The van der Waals surface area contributed by atoms with Gasteiger partial charge >= 0.3 is 5.97 Å². The summed E-state index contributed by atoms with van der Waals surface area (Å²) in [5.74, 6) is -4.40. The van der Waals surface area contributed by atoms with Crippen LogP contribution in [0.3, 0.4) is 0 Å². The van der Waals surface area contributed by atoms with Gasteiger partial charge < -0.3 is 42.5 Å². The van der Waals surface area contributed by atoms with Crippen LogP contribution in [-0.4, -0.2) is 79.6 Å². The summed E-state index contributed by atoms with van der Waals surface area (Å²) in [6, 6.07) is 2.68. The summed E-state index contributed by atoms with van der Waals surface area (Å²) in [7, 11) is 0. The highest BCUT2D eigenvalue weighted by Gasteiger charge is 2.31. The van der Waals surface area contributed by atoms with E-state index < -0.39 is 53.8 Å². The van der Waals surface area contributed by atoms with Crippen molar-refractivity contribution in [1.29, 1.82) is 0 Å². The molecule has 0 aliphatic rings. The van der Waals surface area contributed by atoms with Crippen molar-refractivity contribution in [1.82, 2.24) is 30.9 Å². The Balaban J connectivity index is 1.74. The van der Waals surface area contributed by atoms with Crippen molar-refractivity contribution in [3.63, 3.8) is 0 Å². The number of imidazole rings is 1. The molecule has 0 aliphatic heterocycles. The molecule has 214 valence electrons. The molecule has 3 rings (SSSR count). The lowest BCUT2D eigenvalue weighted by Gasteiger charge is -2.24. The predicted octanol–water partition coefficient (Wildman–Crippen LogP) is -1.26. The highest BCUT2D eigenvalue weighted by atomic mass is 32.1. The molecule has 0 bridgehead atoms. The Bertz CT molecular complexity index is 1340. The first-order valence-electron chi connectivity index (χ1n) is 12.4. The Morgan fingerprint density at radius 1 is 0.950 bits per heavy atom. The number of carbonyl (C=O) groups is 5. The van der Waals surface area contributed by atoms with E-state index in [-0.39, 0.29) is 31.4 Å². The number of aliphatic carboxylic acids is 1. The van der Waals surface area contributed by atoms with Crippen LogP contribution in [0.25, 0.3) is 10.9 Å². The number of carbonyl (C=O) groups excluding carboxylic acids is 4. The van der Waals surface area contributed by atoms with Crippen LogP contribution >= 0.6 is 12.6 Å². The summed E-state index contributed by atoms with van der Waals surface area (Å²) in [6.07, 6.45) is 4.30. The van der Waals surface area contributed by atoms with Crippen LogP contribution in [0, 0.1) is 0 Å². The summed E-state index contributed by atoms with van der Waals surface area (Å²) >= 11 is 3.94. The molecule has 0 saturated carbocycles. The van der Waals surface area contributed by atoms with Crippen LogP contribution in [0.1, 0.15) is 24.1 Å². The fraction of sp³-hybridized carbons (Fsp3) is 0.360. The van der Waals surface area contributed by atoms with Crippen molar-refractivity contribution < 1.29 is 29.1 Å². The van der Waals surface area contributed by atoms with Gasteiger partial charge in [0, 0.05) is 47.6 Å². The van der Waals surface area contributed by atoms with E-state index in [4.69, 9.17) is 11.5 Å². The molecule has 4 amide bonds. The number of rotatable bonds is 15. The molecule has 40 heavy (non-hydrogen) atoms. The van der Waals surface area contributed by atoms with Crippen molar-refractivity contribution in [2.75, 3.05) is 5.75 Å². The Hall–Kier alpha value is -4.37. The van der Waals surface area contributed by atoms with Gasteiger partial charge in [0.25, 0.3) is 0 Å². The number of carboxylic acid groups (broad SMARTS) is 1. The third-order valence-corrected chi connectivity index (χ3v) is 6.54. The summed E-state index contributed by atoms with van der Waals surface area (Å²) in [4.78, 5) is 71.8. The molecule has 2 heterocycles. The Kier molecular flexibility index (Phi) is 10.7. The number of nitrogens with zero attached hydrogens (tertiary/aromatic N) is 1. The number of primary amides is 1. The largest absolute Gasteiger partial charge is 0.480 e. The minimum atomic E-state index is -1.30. The maximum absolute atomic E-state index is 13.3. The van der Waals surface area contributed by atoms with E-state index in [1.807, 2.05) is 24.3 Å². The normalized spacial score (nSPS) is 14.1. The molecular formula is C25H32N8O6S. The van der Waals surface area contributed by atoms with Crippen LogP contribution in [0.2, 0.25) is 0 Å². The van der Waals surface area contributed by atoms with Crippen molar-refractivity contribution in [3.8, 4) is 0 Å². The smallest absolute Gasteiger partial charge is 0.327 e. The minimum Gasteiger partial charge on any atom is -0.480 e. The summed E-state index contributed by atoms with van der Waals surface area (Å²) in [5.41, 5.74) is 13.6. The summed E-state index contributed by atoms with van der Waals surface area (Å²) < 4.78 is 0. The molecular weight excluding hydrogens is 540 g/mol. The predicted molar refractivity (Wildman–Crippen MR) is 148 cm³/mol. The molecule has 10 N–H and O–H groups in total. The number of amides is 4. The first kappa shape index (κ1) is 30.2. The second kappa shape index (κ2) is 14.1. The van der Waals surface area contributed by atoms with Crippen LogP contribution < -0.4 is 27.4 Å². The number of thiol groups is 1. The van der Waals surface area contributed by atoms with Gasteiger partial charge in [-0.05, 0) is 24.5 Å². The van der Waals surface area contributed by atoms with Gasteiger partial charge in [0.15, 0.2) is 0 Å². The fourth-order valence-electron chi connectivity index (χ4n) is 4.02. The van der Waals surface area contributed by atoms with E-state index in [1.54, 1.807) is 6.20 Å². The standard InChI is InChI=1S/C25H32N8O6S/c26-16(7-13-9-29-17-4-2-1-3-15(13)17)22(35)31-18(5-6-21(27)34)23(36)32-19(8-14-10-28-12-30-14)24(37)33-20(11-40)25(38)39/h1-4,9-10,12,16,18-20,29,40H,5-8,11,26H2,(H2,27,34)(H,28,30)(H,31,35)(H,32,36)(H,33,37)(H,38,39). The number of aromatic nitrogens is 3. The van der Waals surface area contributed by atoms with E-state index in [9.17, 15) is 29.1 Å². The molecule has 3 aromatic rings. The topological polar surface area (TPSA) is 238 Å². The zero-order chi connectivity index (χ0) is 29.2. The lowest BCUT2D eigenvalue weighted by Crippen LogP contribution is -2.58. The van der Waals surface area contributed by atoms with Crippen LogP contribution in [0.15, 0.2) is 43.0 Å². The van der Waals surface area contributed by atoms with E-state index in [2.05, 4.69) is 43.5 Å². The SMILES string of the molecule is NC(=O)CCC(NC(=O)C(N)Cc1c[nH]c2ccccc12)C(=O)NC(Cc1cnc[nH]1)C(=O)NC(CS)C(=O)O. The number of nitrogens with one attached hydrogen (secondary N) is 5. The number of H-pyrrole nitrogens is 2. The zero-order valence-electron chi connectivity index (χ0n) is 21.4. The average molecular weight is 573 g/mol. The van der Waals surface area contributed by atoms with Gasteiger partial charge in [-0.15, -0.1) is 0 Å². The number of carboxylic acids is 1. The number of fused-ring (bicyclic) bond motifs is 1. The van der Waals surface area contributed by atoms with E-state index in [0.717, 1.165) is 16.5 Å². The summed E-state index contributed by atoms with van der Waals surface area (Å²) in [6.45, 7) is 0. The first-order chi connectivity index (χ1) is 19.1. The third kappa shape index (κ3) is 8.31. The van der Waals surface area contributed by atoms with Gasteiger partial charge in [0.1, 0.15) is 18.1 Å². The molecule has 0 fully saturated rings. The second-order valence-corrected chi connectivity index (χ2v) is 9.53. The fourth-order valence-corrected chi connectivity index (χ4v) is 4.27. The molecule has 4 atom stereocenters. The van der Waals surface area contributed by atoms with E-state index >= 15 is 0 Å². The highest BCUT2D eigenvalue weighted by molar-refractivity contribution is 7.80. The second-order valence-electron chi connectivity index (χ2n) is 9.16. The minimum absolute atomic E-state index is 0.0625. The number of hydrogen-bond donors (Lipinski definition) is 9. The van der Waals surface area contributed by atoms with Crippen molar-refractivity contribution in [2.45, 2.75) is 49.9 Å². The van der Waals surface area contributed by atoms with Crippen molar-refractivity contribution in [2.24, 2.45) is 11.5 Å². The molecule has 1 aromatic carbocycles. The first-order valence-corrected chi connectivity index (χ1v) is 13.0. The van der Waals surface area contributed by atoms with Crippen LogP contribution in [0.5, 0.6) is 0 Å². The van der Waals surface area contributed by atoms with Gasteiger partial charge in [0.05, 0.1) is 12.4 Å². The number of para-hydroxylation sites is 1. The molecule has 0 aliphatic carbocycles. The monoisotopic (exact) mass is 572 g/mol. The summed E-state index contributed by atoms with van der Waals surface area (Å²) in [5, 5.41) is 17.6. The zero-order valence-corrected chi connectivity index (χ0v) is 22.3. The van der Waals surface area contributed by atoms with Crippen LogP contribution in [-0.2, 0) is 36.8 Å². The third-order valence-electron chi connectivity index (χ3n) is 6.17. The molecule has 4 unspecified atom stereocenters. The Labute approximate surface area is 234 Å². The number of aromatic amines is 2. The molecule has 0 spiro atoms. The number of hydrogen-bond acceptors (Lipinski definition) is 8. The maximum atomic E-state index is 13.3. The highest BCUT2D eigenvalue weighted by Crippen LogP contribution is 2.19. The average Bonchev–Trinajstić information content (AvgIpc) is 3.58. The quantitative estimate of drug-likeness (QED) is 0.0993. The molecule has 0 radical (unpaired) electrons. The Morgan fingerprint density at radius 3 is 2.27 bits per heavy atom. The number of nitrogens with two attached hydrogens (primary N) is 2. The van der Waals surface area contributed by atoms with E-state index in [1.165, 1.54) is 12.5 Å². The van der Waals surface area contributed by atoms with Gasteiger partial charge in [0.2, 0.25) is 23.6 Å². The Morgan fingerprint density at radius 2 is 1.62 bits per heavy atom. The lowest BCUT2D eigenvalue weighted by molar-refractivity contribution is -0.141.